The summed E-state index contributed by atoms with van der Waals surface area (Å²) in [4.78, 5) is 26.7. The van der Waals surface area contributed by atoms with Gasteiger partial charge >= 0.3 is 0 Å². The molecule has 1 aliphatic rings. The first-order chi connectivity index (χ1) is 14.8. The molecule has 0 unspecified atom stereocenters. The maximum absolute atomic E-state index is 14.0. The average molecular weight is 458 g/mol. The second-order valence-corrected chi connectivity index (χ2v) is 12.3. The number of hydrogen-bond acceptors (Lipinski definition) is 5. The van der Waals surface area contributed by atoms with Crippen LogP contribution in [-0.4, -0.2) is 27.1 Å². The van der Waals surface area contributed by atoms with E-state index in [1.807, 2.05) is 49.4 Å². The summed E-state index contributed by atoms with van der Waals surface area (Å²) in [7, 11) is 0. The van der Waals surface area contributed by atoms with E-state index >= 15 is 0 Å². The van der Waals surface area contributed by atoms with Gasteiger partial charge in [0.15, 0.2) is 0 Å². The molecule has 1 aromatic heterocycles. The van der Waals surface area contributed by atoms with Gasteiger partial charge in [-0.25, -0.2) is 4.98 Å². The van der Waals surface area contributed by atoms with Gasteiger partial charge < -0.3 is 4.90 Å². The van der Waals surface area contributed by atoms with Gasteiger partial charge in [-0.05, 0) is 69.1 Å². The molecule has 5 nitrogen and oxygen atoms in total. The number of carbonyl (C=O) groups is 1. The molecule has 1 amide bonds. The predicted molar refractivity (Wildman–Crippen MR) is 132 cm³/mol. The molecule has 2 atom stereocenters. The quantitative estimate of drug-likeness (QED) is 0.504. The number of benzene rings is 1. The lowest BCUT2D eigenvalue weighted by atomic mass is 9.86. The number of hydrogen-bond donors (Lipinski definition) is 1. The molecule has 0 spiro atoms. The van der Waals surface area contributed by atoms with Crippen molar-refractivity contribution in [2.75, 3.05) is 0 Å². The lowest BCUT2D eigenvalue weighted by molar-refractivity contribution is -0.146. The number of rotatable bonds is 6. The fraction of sp³-hybridized carbons (Fsp3) is 0.615. The van der Waals surface area contributed by atoms with Gasteiger partial charge in [0.05, 0.1) is 11.6 Å². The van der Waals surface area contributed by atoms with Gasteiger partial charge in [-0.15, -0.1) is 11.3 Å². The van der Waals surface area contributed by atoms with Crippen LogP contribution in [-0.2, 0) is 10.3 Å². The second-order valence-electron chi connectivity index (χ2n) is 11.4. The van der Waals surface area contributed by atoms with Crippen LogP contribution >= 0.6 is 11.3 Å². The molecule has 176 valence electrons. The van der Waals surface area contributed by atoms with Crippen LogP contribution < -0.4 is 5.48 Å². The largest absolute Gasteiger partial charge is 0.309 e. The van der Waals surface area contributed by atoms with Crippen LogP contribution in [0.5, 0.6) is 0 Å². The van der Waals surface area contributed by atoms with Gasteiger partial charge in [-0.3, -0.25) is 9.63 Å². The standard InChI is InChI=1S/C26H39N3O2S/c1-18(2)17-26(28-31-25(6,7)8)14-13-21(22-27-15-16-32-22)29(26)23(30)19-9-11-20(12-10-19)24(3,4)5/h9-12,15-16,18,21,28H,13-14,17H2,1-8H3/t21-,26-/m1/s1. The molecule has 0 radical (unpaired) electrons. The Kier molecular flexibility index (Phi) is 7.18. The topological polar surface area (TPSA) is 54.5 Å². The van der Waals surface area contributed by atoms with Crippen molar-refractivity contribution < 1.29 is 9.63 Å². The summed E-state index contributed by atoms with van der Waals surface area (Å²) in [5.41, 5.74) is 4.38. The summed E-state index contributed by atoms with van der Waals surface area (Å²) in [6.07, 6.45) is 4.29. The Balaban J connectivity index is 2.03. The molecule has 6 heteroatoms. The van der Waals surface area contributed by atoms with E-state index in [0.29, 0.717) is 11.5 Å². The Morgan fingerprint density at radius 3 is 2.38 bits per heavy atom. The van der Waals surface area contributed by atoms with Gasteiger partial charge in [0, 0.05) is 17.1 Å². The van der Waals surface area contributed by atoms with Gasteiger partial charge in [-0.1, -0.05) is 46.8 Å². The highest BCUT2D eigenvalue weighted by Gasteiger charge is 2.51. The van der Waals surface area contributed by atoms with E-state index in [1.165, 1.54) is 5.56 Å². The molecule has 0 bridgehead atoms. The molecule has 0 aliphatic carbocycles. The van der Waals surface area contributed by atoms with Gasteiger partial charge in [-0.2, -0.15) is 5.48 Å². The minimum absolute atomic E-state index is 0.0221. The van der Waals surface area contributed by atoms with E-state index in [2.05, 4.69) is 57.2 Å². The second kappa shape index (κ2) is 9.24. The Morgan fingerprint density at radius 1 is 1.22 bits per heavy atom. The maximum atomic E-state index is 14.0. The number of nitrogens with zero attached hydrogens (tertiary/aromatic N) is 2. The third-order valence-corrected chi connectivity index (χ3v) is 6.73. The summed E-state index contributed by atoms with van der Waals surface area (Å²) in [6, 6.07) is 8.01. The molecule has 3 rings (SSSR count). The molecule has 1 saturated heterocycles. The lowest BCUT2D eigenvalue weighted by Gasteiger charge is -2.43. The number of amides is 1. The third kappa shape index (κ3) is 5.59. The van der Waals surface area contributed by atoms with Crippen LogP contribution in [0.4, 0.5) is 0 Å². The zero-order chi connectivity index (χ0) is 23.7. The zero-order valence-electron chi connectivity index (χ0n) is 20.9. The van der Waals surface area contributed by atoms with Crippen molar-refractivity contribution in [2.45, 2.75) is 97.4 Å². The first-order valence-corrected chi connectivity index (χ1v) is 12.5. The molecule has 1 N–H and O–H groups in total. The Hall–Kier alpha value is -1.76. The van der Waals surface area contributed by atoms with Crippen molar-refractivity contribution in [2.24, 2.45) is 5.92 Å². The van der Waals surface area contributed by atoms with Crippen molar-refractivity contribution in [3.63, 3.8) is 0 Å². The van der Waals surface area contributed by atoms with Gasteiger partial charge in [0.25, 0.3) is 5.91 Å². The summed E-state index contributed by atoms with van der Waals surface area (Å²) < 4.78 is 0. The normalized spacial score (nSPS) is 22.0. The van der Waals surface area contributed by atoms with Crippen molar-refractivity contribution in [1.29, 1.82) is 0 Å². The van der Waals surface area contributed by atoms with Crippen LogP contribution in [0.15, 0.2) is 35.8 Å². The summed E-state index contributed by atoms with van der Waals surface area (Å²) in [5.74, 6) is 0.411. The average Bonchev–Trinajstić information content (AvgIpc) is 3.33. The van der Waals surface area contributed by atoms with Gasteiger partial charge in [0.2, 0.25) is 0 Å². The van der Waals surface area contributed by atoms with Crippen LogP contribution in [0.2, 0.25) is 0 Å². The van der Waals surface area contributed by atoms with E-state index in [1.54, 1.807) is 11.3 Å². The Labute approximate surface area is 197 Å². The minimum Gasteiger partial charge on any atom is -0.309 e. The summed E-state index contributed by atoms with van der Waals surface area (Å²) in [5, 5.41) is 2.96. The number of thiazole rings is 1. The van der Waals surface area contributed by atoms with Gasteiger partial charge in [0.1, 0.15) is 10.7 Å². The van der Waals surface area contributed by atoms with E-state index < -0.39 is 5.66 Å². The van der Waals surface area contributed by atoms with Crippen molar-refractivity contribution in [3.05, 3.63) is 52.0 Å². The molecule has 2 heterocycles. The molecule has 1 fully saturated rings. The Bertz CT molecular complexity index is 895. The van der Waals surface area contributed by atoms with E-state index in [9.17, 15) is 4.79 Å². The first kappa shape index (κ1) is 24.9. The number of likely N-dealkylation sites (tertiary alicyclic amines) is 1. The highest BCUT2D eigenvalue weighted by molar-refractivity contribution is 7.09. The van der Waals surface area contributed by atoms with E-state index in [4.69, 9.17) is 4.84 Å². The van der Waals surface area contributed by atoms with Crippen LogP contribution in [0.25, 0.3) is 0 Å². The monoisotopic (exact) mass is 457 g/mol. The number of aromatic nitrogens is 1. The molecule has 32 heavy (non-hydrogen) atoms. The predicted octanol–water partition coefficient (Wildman–Crippen LogP) is 6.48. The lowest BCUT2D eigenvalue weighted by Crippen LogP contribution is -2.59. The number of hydroxylamine groups is 1. The summed E-state index contributed by atoms with van der Waals surface area (Å²) in [6.45, 7) is 17.0. The fourth-order valence-corrected chi connectivity index (χ4v) is 5.17. The maximum Gasteiger partial charge on any atom is 0.255 e. The molecule has 0 saturated carbocycles. The minimum atomic E-state index is -0.586. The molecular weight excluding hydrogens is 418 g/mol. The van der Waals surface area contributed by atoms with Crippen LogP contribution in [0.3, 0.4) is 0 Å². The van der Waals surface area contributed by atoms with E-state index in [0.717, 1.165) is 24.3 Å². The van der Waals surface area contributed by atoms with E-state index in [-0.39, 0.29) is 23.0 Å². The van der Waals surface area contributed by atoms with Crippen LogP contribution in [0, 0.1) is 5.92 Å². The molecule has 1 aliphatic heterocycles. The van der Waals surface area contributed by atoms with Crippen LogP contribution in [0.1, 0.15) is 102 Å². The zero-order valence-corrected chi connectivity index (χ0v) is 21.7. The fourth-order valence-electron chi connectivity index (χ4n) is 4.41. The van der Waals surface area contributed by atoms with Crippen molar-refractivity contribution in [3.8, 4) is 0 Å². The number of carbonyl (C=O) groups excluding carboxylic acids is 1. The summed E-state index contributed by atoms with van der Waals surface area (Å²) >= 11 is 1.61. The molecule has 1 aromatic carbocycles. The SMILES string of the molecule is CC(C)C[C@@]1(NOC(C)(C)C)CC[C@H](c2nccs2)N1C(=O)c1ccc(C(C)(C)C)cc1. The highest BCUT2D eigenvalue weighted by atomic mass is 32.1. The van der Waals surface area contributed by atoms with Crippen molar-refractivity contribution in [1.82, 2.24) is 15.4 Å². The highest BCUT2D eigenvalue weighted by Crippen LogP contribution is 2.46. The molecular formula is C26H39N3O2S. The third-order valence-electron chi connectivity index (χ3n) is 5.85. The van der Waals surface area contributed by atoms with Crippen molar-refractivity contribution >= 4 is 17.2 Å². The number of nitrogens with one attached hydrogen (secondary N) is 1. The first-order valence-electron chi connectivity index (χ1n) is 11.6. The Morgan fingerprint density at radius 2 is 1.88 bits per heavy atom. The smallest absolute Gasteiger partial charge is 0.255 e. The molecule has 2 aromatic rings.